The molecule has 0 saturated carbocycles. The summed E-state index contributed by atoms with van der Waals surface area (Å²) in [6.45, 7) is 0. The van der Waals surface area contributed by atoms with Crippen LogP contribution in [0.15, 0.2) is 48.8 Å². The Balaban J connectivity index is 2.18. The maximum atomic E-state index is 13.5. The van der Waals surface area contributed by atoms with Crippen molar-refractivity contribution in [2.24, 2.45) is 0 Å². The highest BCUT2D eigenvalue weighted by Crippen LogP contribution is 2.21. The first-order valence-corrected chi connectivity index (χ1v) is 5.51. The maximum Gasteiger partial charge on any atom is 0.173 e. The molecule has 0 fully saturated rings. The van der Waals surface area contributed by atoms with Gasteiger partial charge in [0.15, 0.2) is 11.5 Å². The van der Waals surface area contributed by atoms with Crippen molar-refractivity contribution in [2.75, 3.05) is 0 Å². The van der Waals surface area contributed by atoms with E-state index in [1.54, 1.807) is 35.0 Å². The number of halogens is 2. The van der Waals surface area contributed by atoms with Gasteiger partial charge in [-0.2, -0.15) is 0 Å². The summed E-state index contributed by atoms with van der Waals surface area (Å²) >= 11 is 5.82. The SMILES string of the molecule is Fc1cccn2cc(-c3ccc(Cl)cc3)nc12. The zero-order chi connectivity index (χ0) is 11.8. The van der Waals surface area contributed by atoms with Gasteiger partial charge in [-0.3, -0.25) is 0 Å². The molecule has 0 bridgehead atoms. The fourth-order valence-electron chi connectivity index (χ4n) is 1.74. The maximum absolute atomic E-state index is 13.5. The Morgan fingerprint density at radius 2 is 1.88 bits per heavy atom. The Kier molecular flexibility index (Phi) is 2.34. The van der Waals surface area contributed by atoms with Crippen molar-refractivity contribution in [3.05, 3.63) is 59.6 Å². The van der Waals surface area contributed by atoms with Gasteiger partial charge in [0.05, 0.1) is 5.69 Å². The first-order valence-electron chi connectivity index (χ1n) is 5.13. The molecule has 2 nitrogen and oxygen atoms in total. The average Bonchev–Trinajstić information content (AvgIpc) is 2.75. The first kappa shape index (κ1) is 10.3. The first-order chi connectivity index (χ1) is 8.24. The molecule has 0 aliphatic heterocycles. The van der Waals surface area contributed by atoms with Crippen molar-refractivity contribution in [1.82, 2.24) is 9.38 Å². The van der Waals surface area contributed by atoms with Crippen LogP contribution in [0.5, 0.6) is 0 Å². The summed E-state index contributed by atoms with van der Waals surface area (Å²) in [5.74, 6) is -0.326. The van der Waals surface area contributed by atoms with Gasteiger partial charge in [-0.15, -0.1) is 0 Å². The van der Waals surface area contributed by atoms with Gasteiger partial charge in [-0.1, -0.05) is 23.7 Å². The lowest BCUT2D eigenvalue weighted by atomic mass is 10.2. The van der Waals surface area contributed by atoms with Crippen LogP contribution in [-0.4, -0.2) is 9.38 Å². The fraction of sp³-hybridized carbons (Fsp3) is 0. The van der Waals surface area contributed by atoms with Gasteiger partial charge in [0.2, 0.25) is 0 Å². The molecule has 0 N–H and O–H groups in total. The van der Waals surface area contributed by atoms with Gasteiger partial charge in [0.1, 0.15) is 0 Å². The minimum Gasteiger partial charge on any atom is -0.304 e. The van der Waals surface area contributed by atoms with Crippen LogP contribution in [0.3, 0.4) is 0 Å². The summed E-state index contributed by atoms with van der Waals surface area (Å²) in [4.78, 5) is 4.26. The summed E-state index contributed by atoms with van der Waals surface area (Å²) in [5.41, 5.74) is 1.97. The molecule has 3 aromatic rings. The van der Waals surface area contributed by atoms with Crippen molar-refractivity contribution < 1.29 is 4.39 Å². The van der Waals surface area contributed by atoms with Crippen molar-refractivity contribution in [3.8, 4) is 11.3 Å². The predicted molar refractivity (Wildman–Crippen MR) is 65.6 cm³/mol. The molecule has 0 radical (unpaired) electrons. The number of hydrogen-bond donors (Lipinski definition) is 0. The van der Waals surface area contributed by atoms with Gasteiger partial charge in [0.25, 0.3) is 0 Å². The minimum atomic E-state index is -0.326. The van der Waals surface area contributed by atoms with E-state index in [-0.39, 0.29) is 5.82 Å². The number of aromatic nitrogens is 2. The molecule has 0 atom stereocenters. The standard InChI is InChI=1S/C13H8ClFN2/c14-10-5-3-9(4-6-10)12-8-17-7-1-2-11(15)13(17)16-12/h1-8H. The third-order valence-corrected chi connectivity index (χ3v) is 2.83. The van der Waals surface area contributed by atoms with Crippen molar-refractivity contribution in [1.29, 1.82) is 0 Å². The number of hydrogen-bond acceptors (Lipinski definition) is 1. The second kappa shape index (κ2) is 3.86. The van der Waals surface area contributed by atoms with Crippen LogP contribution in [0.1, 0.15) is 0 Å². The van der Waals surface area contributed by atoms with Crippen LogP contribution in [0.25, 0.3) is 16.9 Å². The van der Waals surface area contributed by atoms with E-state index in [1.165, 1.54) is 6.07 Å². The molecule has 0 amide bonds. The highest BCUT2D eigenvalue weighted by Gasteiger charge is 2.07. The molecule has 17 heavy (non-hydrogen) atoms. The molecular formula is C13H8ClFN2. The van der Waals surface area contributed by atoms with E-state index >= 15 is 0 Å². The zero-order valence-electron chi connectivity index (χ0n) is 8.77. The Morgan fingerprint density at radius 1 is 1.12 bits per heavy atom. The van der Waals surface area contributed by atoms with Gasteiger partial charge >= 0.3 is 0 Å². The topological polar surface area (TPSA) is 17.3 Å². The molecule has 4 heteroatoms. The number of benzene rings is 1. The van der Waals surface area contributed by atoms with Crippen LogP contribution in [0.4, 0.5) is 4.39 Å². The highest BCUT2D eigenvalue weighted by molar-refractivity contribution is 6.30. The summed E-state index contributed by atoms with van der Waals surface area (Å²) < 4.78 is 15.1. The molecule has 0 aliphatic carbocycles. The van der Waals surface area contributed by atoms with Crippen LogP contribution in [0, 0.1) is 5.82 Å². The molecule has 0 saturated heterocycles. The number of nitrogens with zero attached hydrogens (tertiary/aromatic N) is 2. The molecular weight excluding hydrogens is 239 g/mol. The van der Waals surface area contributed by atoms with Crippen molar-refractivity contribution in [2.45, 2.75) is 0 Å². The number of pyridine rings is 1. The van der Waals surface area contributed by atoms with Crippen LogP contribution in [0.2, 0.25) is 5.02 Å². The third-order valence-electron chi connectivity index (χ3n) is 2.58. The van der Waals surface area contributed by atoms with E-state index in [0.29, 0.717) is 10.7 Å². The highest BCUT2D eigenvalue weighted by atomic mass is 35.5. The summed E-state index contributed by atoms with van der Waals surface area (Å²) in [6.07, 6.45) is 3.56. The largest absolute Gasteiger partial charge is 0.304 e. The lowest BCUT2D eigenvalue weighted by Gasteiger charge is -1.94. The van der Waals surface area contributed by atoms with Crippen LogP contribution < -0.4 is 0 Å². The summed E-state index contributed by atoms with van der Waals surface area (Å²) in [5, 5.41) is 0.670. The Hall–Kier alpha value is -1.87. The van der Waals surface area contributed by atoms with Crippen LogP contribution in [-0.2, 0) is 0 Å². The molecule has 2 heterocycles. The lowest BCUT2D eigenvalue weighted by Crippen LogP contribution is -1.84. The number of rotatable bonds is 1. The van der Waals surface area contributed by atoms with E-state index < -0.39 is 0 Å². The Bertz CT molecular complexity index is 673. The van der Waals surface area contributed by atoms with E-state index in [1.807, 2.05) is 12.1 Å². The Labute approximate surface area is 102 Å². The van der Waals surface area contributed by atoms with Crippen molar-refractivity contribution in [3.63, 3.8) is 0 Å². The molecule has 2 aromatic heterocycles. The average molecular weight is 247 g/mol. The number of fused-ring (bicyclic) bond motifs is 1. The summed E-state index contributed by atoms with van der Waals surface area (Å²) in [7, 11) is 0. The van der Waals surface area contributed by atoms with Gasteiger partial charge < -0.3 is 4.40 Å². The van der Waals surface area contributed by atoms with Gasteiger partial charge in [0, 0.05) is 23.0 Å². The molecule has 3 rings (SSSR count). The molecule has 1 aromatic carbocycles. The smallest absolute Gasteiger partial charge is 0.173 e. The van der Waals surface area contributed by atoms with E-state index in [0.717, 1.165) is 11.3 Å². The lowest BCUT2D eigenvalue weighted by molar-refractivity contribution is 0.630. The molecule has 84 valence electrons. The van der Waals surface area contributed by atoms with Crippen LogP contribution >= 0.6 is 11.6 Å². The predicted octanol–water partition coefficient (Wildman–Crippen LogP) is 3.79. The van der Waals surface area contributed by atoms with Gasteiger partial charge in [-0.05, 0) is 24.3 Å². The van der Waals surface area contributed by atoms with Gasteiger partial charge in [-0.25, -0.2) is 9.37 Å². The normalized spacial score (nSPS) is 10.9. The van der Waals surface area contributed by atoms with E-state index in [2.05, 4.69) is 4.98 Å². The second-order valence-corrected chi connectivity index (χ2v) is 4.16. The monoisotopic (exact) mass is 246 g/mol. The molecule has 0 spiro atoms. The van der Waals surface area contributed by atoms with E-state index in [4.69, 9.17) is 11.6 Å². The zero-order valence-corrected chi connectivity index (χ0v) is 9.53. The summed E-state index contributed by atoms with van der Waals surface area (Å²) in [6, 6.07) is 10.3. The molecule has 0 unspecified atom stereocenters. The van der Waals surface area contributed by atoms with Crippen molar-refractivity contribution >= 4 is 17.2 Å². The second-order valence-electron chi connectivity index (χ2n) is 3.72. The Morgan fingerprint density at radius 3 is 2.59 bits per heavy atom. The third kappa shape index (κ3) is 1.78. The fourth-order valence-corrected chi connectivity index (χ4v) is 1.86. The minimum absolute atomic E-state index is 0.326. The van der Waals surface area contributed by atoms with E-state index in [9.17, 15) is 4.39 Å². The quantitative estimate of drug-likeness (QED) is 0.639. The number of imidazole rings is 1. The molecule has 0 aliphatic rings.